The Morgan fingerprint density at radius 1 is 1.20 bits per heavy atom. The summed E-state index contributed by atoms with van der Waals surface area (Å²) in [5, 5.41) is 7.77. The molecule has 1 fully saturated rings. The summed E-state index contributed by atoms with van der Waals surface area (Å²) < 4.78 is 20.2. The van der Waals surface area contributed by atoms with Gasteiger partial charge in [-0.2, -0.15) is 5.10 Å². The number of pyridine rings is 1. The standard InChI is InChI=1S/C27H33FN6O/c1-6-18(2)16-22-27(30-19(3)25-21(28)8-7-9-23(25)35-5)26(32-31-22)20-10-11-29-24(17-20)34-14-12-33(4)13-15-34/h7-11,16-17H,6,12-15H2,1-5H3,(H,31,32)/b18-16+,30-19?. The fourth-order valence-corrected chi connectivity index (χ4v) is 4.14. The maximum absolute atomic E-state index is 14.8. The number of nitrogens with one attached hydrogen (secondary N) is 1. The van der Waals surface area contributed by atoms with Crippen molar-refractivity contribution in [3.05, 3.63) is 59.2 Å². The number of benzene rings is 1. The summed E-state index contributed by atoms with van der Waals surface area (Å²) in [4.78, 5) is 14.1. The van der Waals surface area contributed by atoms with Crippen LogP contribution in [0.2, 0.25) is 0 Å². The fourth-order valence-electron chi connectivity index (χ4n) is 4.14. The largest absolute Gasteiger partial charge is 0.496 e. The van der Waals surface area contributed by atoms with E-state index < -0.39 is 0 Å². The highest BCUT2D eigenvalue weighted by molar-refractivity contribution is 6.04. The number of piperazine rings is 1. The second-order valence-corrected chi connectivity index (χ2v) is 8.89. The second-order valence-electron chi connectivity index (χ2n) is 8.89. The number of aromatic amines is 1. The smallest absolute Gasteiger partial charge is 0.135 e. The van der Waals surface area contributed by atoms with Crippen LogP contribution < -0.4 is 9.64 Å². The number of hydrogen-bond acceptors (Lipinski definition) is 6. The predicted octanol–water partition coefficient (Wildman–Crippen LogP) is 5.33. The first-order chi connectivity index (χ1) is 16.9. The Hall–Kier alpha value is -3.52. The fraction of sp³-hybridized carbons (Fsp3) is 0.370. The third-order valence-electron chi connectivity index (χ3n) is 6.40. The molecule has 4 rings (SSSR count). The van der Waals surface area contributed by atoms with Crippen LogP contribution in [0, 0.1) is 5.82 Å². The molecule has 1 aliphatic rings. The first-order valence-corrected chi connectivity index (χ1v) is 11.9. The van der Waals surface area contributed by atoms with Crippen molar-refractivity contribution in [3.63, 3.8) is 0 Å². The number of ether oxygens (including phenoxy) is 1. The molecule has 2 aromatic heterocycles. The van der Waals surface area contributed by atoms with Gasteiger partial charge in [0.05, 0.1) is 24.1 Å². The average molecular weight is 477 g/mol. The Bertz CT molecular complexity index is 1240. The van der Waals surface area contributed by atoms with E-state index in [0.717, 1.165) is 49.7 Å². The van der Waals surface area contributed by atoms with Crippen LogP contribution in [0.3, 0.4) is 0 Å². The van der Waals surface area contributed by atoms with Crippen LogP contribution in [-0.4, -0.2) is 66.1 Å². The maximum Gasteiger partial charge on any atom is 0.135 e. The molecule has 0 amide bonds. The molecule has 184 valence electrons. The minimum atomic E-state index is -0.376. The lowest BCUT2D eigenvalue weighted by atomic mass is 10.1. The molecule has 3 aromatic rings. The van der Waals surface area contributed by atoms with Crippen molar-refractivity contribution in [2.75, 3.05) is 45.2 Å². The average Bonchev–Trinajstić information content (AvgIpc) is 3.25. The molecule has 0 spiro atoms. The molecule has 0 atom stereocenters. The van der Waals surface area contributed by atoms with Gasteiger partial charge in [-0.15, -0.1) is 0 Å². The molecule has 7 nitrogen and oxygen atoms in total. The summed E-state index contributed by atoms with van der Waals surface area (Å²) in [6.07, 6.45) is 4.76. The van der Waals surface area contributed by atoms with E-state index in [4.69, 9.17) is 9.73 Å². The molecular formula is C27H33FN6O. The minimum absolute atomic E-state index is 0.345. The van der Waals surface area contributed by atoms with Crippen molar-refractivity contribution in [2.45, 2.75) is 27.2 Å². The zero-order valence-electron chi connectivity index (χ0n) is 21.1. The molecular weight excluding hydrogens is 443 g/mol. The number of rotatable bonds is 7. The van der Waals surface area contributed by atoms with Gasteiger partial charge >= 0.3 is 0 Å². The lowest BCUT2D eigenvalue weighted by Crippen LogP contribution is -2.44. The first-order valence-electron chi connectivity index (χ1n) is 11.9. The maximum atomic E-state index is 14.8. The number of halogens is 1. The topological polar surface area (TPSA) is 69.6 Å². The monoisotopic (exact) mass is 476 g/mol. The highest BCUT2D eigenvalue weighted by Gasteiger charge is 2.20. The van der Waals surface area contributed by atoms with Crippen LogP contribution in [-0.2, 0) is 0 Å². The van der Waals surface area contributed by atoms with Crippen LogP contribution in [0.15, 0.2) is 47.1 Å². The highest BCUT2D eigenvalue weighted by Crippen LogP contribution is 2.35. The molecule has 0 radical (unpaired) electrons. The molecule has 0 unspecified atom stereocenters. The summed E-state index contributed by atoms with van der Waals surface area (Å²) >= 11 is 0. The highest BCUT2D eigenvalue weighted by atomic mass is 19.1. The number of likely N-dealkylation sites (N-methyl/N-ethyl adjacent to an activating group) is 1. The summed E-state index contributed by atoms with van der Waals surface area (Å²) in [5.41, 5.74) is 5.10. The van der Waals surface area contributed by atoms with Crippen molar-refractivity contribution in [1.29, 1.82) is 0 Å². The Morgan fingerprint density at radius 3 is 2.69 bits per heavy atom. The lowest BCUT2D eigenvalue weighted by molar-refractivity contribution is 0.312. The van der Waals surface area contributed by atoms with Gasteiger partial charge in [0.15, 0.2) is 0 Å². The number of nitrogens with zero attached hydrogens (tertiary/aromatic N) is 5. The van der Waals surface area contributed by atoms with E-state index in [-0.39, 0.29) is 5.82 Å². The third-order valence-corrected chi connectivity index (χ3v) is 6.40. The first kappa shape index (κ1) is 24.6. The molecule has 1 aromatic carbocycles. The van der Waals surface area contributed by atoms with E-state index in [1.807, 2.05) is 18.3 Å². The molecule has 1 aliphatic heterocycles. The molecule has 3 heterocycles. The van der Waals surface area contributed by atoms with Gasteiger partial charge in [0, 0.05) is 37.9 Å². The number of allylic oxidation sites excluding steroid dienone is 1. The molecule has 0 bridgehead atoms. The SMILES string of the molecule is CC/C(C)=C/c1[nH]nc(-c2ccnc(N3CCN(C)CC3)c2)c1N=C(C)c1c(F)cccc1OC. The number of methoxy groups -OCH3 is 1. The van der Waals surface area contributed by atoms with E-state index in [1.165, 1.54) is 18.7 Å². The normalized spacial score (nSPS) is 15.5. The molecule has 1 N–H and O–H groups in total. The Kier molecular flexibility index (Phi) is 7.60. The predicted molar refractivity (Wildman–Crippen MR) is 140 cm³/mol. The molecule has 1 saturated heterocycles. The molecule has 0 saturated carbocycles. The van der Waals surface area contributed by atoms with Crippen LogP contribution in [0.25, 0.3) is 17.3 Å². The molecule has 0 aliphatic carbocycles. The van der Waals surface area contributed by atoms with Crippen molar-refractivity contribution in [2.24, 2.45) is 4.99 Å². The van der Waals surface area contributed by atoms with Gasteiger partial charge in [-0.1, -0.05) is 18.6 Å². The van der Waals surface area contributed by atoms with Crippen LogP contribution >= 0.6 is 0 Å². The van der Waals surface area contributed by atoms with Crippen molar-refractivity contribution >= 4 is 23.3 Å². The van der Waals surface area contributed by atoms with Gasteiger partial charge in [-0.05, 0) is 57.7 Å². The number of aromatic nitrogens is 3. The summed E-state index contributed by atoms with van der Waals surface area (Å²) in [6.45, 7) is 9.81. The van der Waals surface area contributed by atoms with Gasteiger partial charge in [0.1, 0.15) is 28.8 Å². The van der Waals surface area contributed by atoms with Crippen LogP contribution in [0.4, 0.5) is 15.9 Å². The number of anilines is 1. The zero-order valence-corrected chi connectivity index (χ0v) is 21.1. The van der Waals surface area contributed by atoms with Gasteiger partial charge in [-0.25, -0.2) is 14.4 Å². The number of H-pyrrole nitrogens is 1. The van der Waals surface area contributed by atoms with Crippen molar-refractivity contribution in [3.8, 4) is 17.0 Å². The Balaban J connectivity index is 1.81. The summed E-state index contributed by atoms with van der Waals surface area (Å²) in [6, 6.07) is 8.78. The van der Waals surface area contributed by atoms with E-state index in [1.54, 1.807) is 19.1 Å². The Morgan fingerprint density at radius 2 is 1.97 bits per heavy atom. The van der Waals surface area contributed by atoms with Crippen molar-refractivity contribution in [1.82, 2.24) is 20.1 Å². The van der Waals surface area contributed by atoms with Crippen LogP contribution in [0.1, 0.15) is 38.4 Å². The third kappa shape index (κ3) is 5.43. The van der Waals surface area contributed by atoms with Crippen LogP contribution in [0.5, 0.6) is 5.75 Å². The molecule has 35 heavy (non-hydrogen) atoms. The van der Waals surface area contributed by atoms with Gasteiger partial charge in [0.25, 0.3) is 0 Å². The van der Waals surface area contributed by atoms with E-state index in [0.29, 0.717) is 28.4 Å². The van der Waals surface area contributed by atoms with Crippen molar-refractivity contribution < 1.29 is 9.13 Å². The lowest BCUT2D eigenvalue weighted by Gasteiger charge is -2.33. The van der Waals surface area contributed by atoms with E-state index in [2.05, 4.69) is 51.9 Å². The summed E-state index contributed by atoms with van der Waals surface area (Å²) in [5.74, 6) is 0.987. The van der Waals surface area contributed by atoms with E-state index in [9.17, 15) is 4.39 Å². The van der Waals surface area contributed by atoms with Gasteiger partial charge < -0.3 is 14.5 Å². The van der Waals surface area contributed by atoms with Gasteiger partial charge in [-0.3, -0.25) is 5.10 Å². The Labute approximate surface area is 206 Å². The van der Waals surface area contributed by atoms with E-state index >= 15 is 0 Å². The second kappa shape index (κ2) is 10.8. The number of hydrogen-bond donors (Lipinski definition) is 1. The zero-order chi connectivity index (χ0) is 24.9. The summed E-state index contributed by atoms with van der Waals surface area (Å²) in [7, 11) is 3.67. The quantitative estimate of drug-likeness (QED) is 0.467. The minimum Gasteiger partial charge on any atom is -0.496 e. The molecule has 8 heteroatoms. The van der Waals surface area contributed by atoms with Gasteiger partial charge in [0.2, 0.25) is 0 Å². The number of aliphatic imine (C=N–C) groups is 1.